The first-order chi connectivity index (χ1) is 8.20. The normalized spacial score (nSPS) is 10.0. The first-order valence-electron chi connectivity index (χ1n) is 5.19. The lowest BCUT2D eigenvalue weighted by Crippen LogP contribution is -1.90. The summed E-state index contributed by atoms with van der Waals surface area (Å²) in [6.45, 7) is 1.95. The molecule has 0 aliphatic carbocycles. The highest BCUT2D eigenvalue weighted by molar-refractivity contribution is 6.32. The Bertz CT molecular complexity index is 550. The number of hydrogen-bond acceptors (Lipinski definition) is 2. The summed E-state index contributed by atoms with van der Waals surface area (Å²) in [6, 6.07) is 12.5. The number of benzene rings is 2. The molecule has 3 heteroatoms. The lowest BCUT2D eigenvalue weighted by molar-refractivity contribution is 0.112. The van der Waals surface area contributed by atoms with Crippen molar-refractivity contribution in [2.75, 3.05) is 0 Å². The molecule has 0 unspecified atom stereocenters. The van der Waals surface area contributed by atoms with Crippen LogP contribution < -0.4 is 4.74 Å². The minimum atomic E-state index is 0.504. The summed E-state index contributed by atoms with van der Waals surface area (Å²) >= 11 is 6.06. The highest BCUT2D eigenvalue weighted by Gasteiger charge is 2.06. The summed E-state index contributed by atoms with van der Waals surface area (Å²) in [5.41, 5.74) is 1.56. The van der Waals surface area contributed by atoms with Crippen molar-refractivity contribution in [2.24, 2.45) is 0 Å². The second-order valence-electron chi connectivity index (χ2n) is 3.69. The number of para-hydroxylation sites is 1. The molecule has 2 aromatic carbocycles. The number of aryl methyl sites for hydroxylation is 1. The van der Waals surface area contributed by atoms with E-state index in [2.05, 4.69) is 0 Å². The highest BCUT2D eigenvalue weighted by atomic mass is 35.5. The second kappa shape index (κ2) is 5.02. The number of halogens is 1. The molecular formula is C14H11ClO2. The van der Waals surface area contributed by atoms with Gasteiger partial charge in [-0.05, 0) is 36.8 Å². The molecule has 0 aromatic heterocycles. The van der Waals surface area contributed by atoms with Crippen LogP contribution in [0.3, 0.4) is 0 Å². The van der Waals surface area contributed by atoms with E-state index in [9.17, 15) is 4.79 Å². The molecule has 0 aliphatic rings. The van der Waals surface area contributed by atoms with E-state index in [-0.39, 0.29) is 0 Å². The van der Waals surface area contributed by atoms with Crippen molar-refractivity contribution in [1.82, 2.24) is 0 Å². The molecule has 0 saturated carbocycles. The van der Waals surface area contributed by atoms with Gasteiger partial charge in [-0.2, -0.15) is 0 Å². The molecular weight excluding hydrogens is 236 g/mol. The van der Waals surface area contributed by atoms with Crippen LogP contribution in [-0.4, -0.2) is 6.29 Å². The monoisotopic (exact) mass is 246 g/mol. The van der Waals surface area contributed by atoms with E-state index in [1.165, 1.54) is 0 Å². The van der Waals surface area contributed by atoms with Crippen LogP contribution in [0.1, 0.15) is 15.9 Å². The van der Waals surface area contributed by atoms with Crippen LogP contribution >= 0.6 is 11.6 Å². The molecule has 17 heavy (non-hydrogen) atoms. The predicted molar refractivity (Wildman–Crippen MR) is 68.1 cm³/mol. The molecule has 0 heterocycles. The van der Waals surface area contributed by atoms with Crippen LogP contribution in [0.25, 0.3) is 0 Å². The Kier molecular flexibility index (Phi) is 3.45. The predicted octanol–water partition coefficient (Wildman–Crippen LogP) is 4.25. The van der Waals surface area contributed by atoms with Crippen LogP contribution in [0.15, 0.2) is 42.5 Å². The van der Waals surface area contributed by atoms with Gasteiger partial charge in [0, 0.05) is 0 Å². The molecule has 0 radical (unpaired) electrons. The molecule has 86 valence electrons. The summed E-state index contributed by atoms with van der Waals surface area (Å²) in [7, 11) is 0. The number of hydrogen-bond donors (Lipinski definition) is 0. The smallest absolute Gasteiger partial charge is 0.153 e. The lowest BCUT2D eigenvalue weighted by Gasteiger charge is -2.09. The Labute approximate surface area is 105 Å². The maximum absolute atomic E-state index is 10.8. The number of rotatable bonds is 3. The fourth-order valence-corrected chi connectivity index (χ4v) is 1.75. The number of carbonyl (C=O) groups is 1. The Morgan fingerprint density at radius 2 is 1.88 bits per heavy atom. The third kappa shape index (κ3) is 2.66. The molecule has 0 bridgehead atoms. The summed E-state index contributed by atoms with van der Waals surface area (Å²) in [5.74, 6) is 1.06. The summed E-state index contributed by atoms with van der Waals surface area (Å²) in [6.07, 6.45) is 0.761. The van der Waals surface area contributed by atoms with Gasteiger partial charge in [-0.1, -0.05) is 29.8 Å². The molecule has 0 saturated heterocycles. The third-order valence-electron chi connectivity index (χ3n) is 2.35. The quantitative estimate of drug-likeness (QED) is 0.757. The zero-order valence-corrected chi connectivity index (χ0v) is 10.1. The number of aldehydes is 1. The Balaban J connectivity index is 2.34. The SMILES string of the molecule is Cc1ccc(Oc2ccccc2C=O)c(Cl)c1. The van der Waals surface area contributed by atoms with Crippen LogP contribution in [0, 0.1) is 6.92 Å². The van der Waals surface area contributed by atoms with Crippen LogP contribution in [-0.2, 0) is 0 Å². The molecule has 0 aliphatic heterocycles. The minimum absolute atomic E-state index is 0.504. The molecule has 0 spiro atoms. The van der Waals surface area contributed by atoms with Crippen molar-refractivity contribution in [2.45, 2.75) is 6.92 Å². The van der Waals surface area contributed by atoms with Gasteiger partial charge in [-0.15, -0.1) is 0 Å². The van der Waals surface area contributed by atoms with Crippen molar-refractivity contribution in [1.29, 1.82) is 0 Å². The topological polar surface area (TPSA) is 26.3 Å². The molecule has 2 rings (SSSR count). The van der Waals surface area contributed by atoms with Crippen molar-refractivity contribution in [3.8, 4) is 11.5 Å². The van der Waals surface area contributed by atoms with E-state index in [1.807, 2.05) is 25.1 Å². The van der Waals surface area contributed by atoms with Crippen molar-refractivity contribution < 1.29 is 9.53 Å². The first-order valence-corrected chi connectivity index (χ1v) is 5.56. The maximum atomic E-state index is 10.8. The Hall–Kier alpha value is -1.80. The van der Waals surface area contributed by atoms with E-state index in [4.69, 9.17) is 16.3 Å². The van der Waals surface area contributed by atoms with Crippen molar-refractivity contribution in [3.63, 3.8) is 0 Å². The number of carbonyl (C=O) groups excluding carboxylic acids is 1. The van der Waals surface area contributed by atoms with Gasteiger partial charge in [0.05, 0.1) is 10.6 Å². The van der Waals surface area contributed by atoms with Crippen LogP contribution in [0.4, 0.5) is 0 Å². The molecule has 0 N–H and O–H groups in total. The van der Waals surface area contributed by atoms with Gasteiger partial charge in [0.25, 0.3) is 0 Å². The zero-order chi connectivity index (χ0) is 12.3. The van der Waals surface area contributed by atoms with E-state index in [0.717, 1.165) is 11.8 Å². The summed E-state index contributed by atoms with van der Waals surface area (Å²) < 4.78 is 5.62. The minimum Gasteiger partial charge on any atom is -0.455 e. The van der Waals surface area contributed by atoms with E-state index in [1.54, 1.807) is 24.3 Å². The Morgan fingerprint density at radius 3 is 2.59 bits per heavy atom. The highest BCUT2D eigenvalue weighted by Crippen LogP contribution is 2.31. The van der Waals surface area contributed by atoms with Crippen molar-refractivity contribution >= 4 is 17.9 Å². The largest absolute Gasteiger partial charge is 0.455 e. The average molecular weight is 247 g/mol. The number of ether oxygens (including phenoxy) is 1. The van der Waals surface area contributed by atoms with Gasteiger partial charge in [-0.3, -0.25) is 4.79 Å². The fourth-order valence-electron chi connectivity index (χ4n) is 1.48. The first kappa shape index (κ1) is 11.7. The second-order valence-corrected chi connectivity index (χ2v) is 4.10. The zero-order valence-electron chi connectivity index (χ0n) is 9.31. The van der Waals surface area contributed by atoms with Gasteiger partial charge in [0.15, 0.2) is 6.29 Å². The summed E-state index contributed by atoms with van der Waals surface area (Å²) in [5, 5.41) is 0.533. The molecule has 0 fully saturated rings. The fraction of sp³-hybridized carbons (Fsp3) is 0.0714. The van der Waals surface area contributed by atoms with Gasteiger partial charge in [0.2, 0.25) is 0 Å². The lowest BCUT2D eigenvalue weighted by atomic mass is 10.2. The van der Waals surface area contributed by atoms with Crippen LogP contribution in [0.5, 0.6) is 11.5 Å². The Morgan fingerprint density at radius 1 is 1.12 bits per heavy atom. The van der Waals surface area contributed by atoms with Gasteiger partial charge >= 0.3 is 0 Å². The van der Waals surface area contributed by atoms with Crippen molar-refractivity contribution in [3.05, 3.63) is 58.6 Å². The average Bonchev–Trinajstić information content (AvgIpc) is 2.33. The van der Waals surface area contributed by atoms with Gasteiger partial charge in [0.1, 0.15) is 11.5 Å². The van der Waals surface area contributed by atoms with E-state index in [0.29, 0.717) is 22.1 Å². The molecule has 0 amide bonds. The summed E-state index contributed by atoms with van der Waals surface area (Å²) in [4.78, 5) is 10.8. The molecule has 0 atom stereocenters. The van der Waals surface area contributed by atoms with Gasteiger partial charge in [-0.25, -0.2) is 0 Å². The standard InChI is InChI=1S/C14H11ClO2/c1-10-6-7-14(12(15)8-10)17-13-5-3-2-4-11(13)9-16/h2-9H,1H3. The van der Waals surface area contributed by atoms with E-state index >= 15 is 0 Å². The van der Waals surface area contributed by atoms with Crippen LogP contribution in [0.2, 0.25) is 5.02 Å². The third-order valence-corrected chi connectivity index (χ3v) is 2.65. The maximum Gasteiger partial charge on any atom is 0.153 e. The molecule has 2 aromatic rings. The van der Waals surface area contributed by atoms with E-state index < -0.39 is 0 Å². The molecule has 2 nitrogen and oxygen atoms in total. The van der Waals surface area contributed by atoms with Gasteiger partial charge < -0.3 is 4.74 Å².